The highest BCUT2D eigenvalue weighted by Gasteiger charge is 2.14. The number of esters is 1. The second-order valence-corrected chi connectivity index (χ2v) is 7.25. The van der Waals surface area contributed by atoms with E-state index >= 15 is 0 Å². The minimum atomic E-state index is -0.471. The first-order valence-electron chi connectivity index (χ1n) is 9.02. The smallest absolute Gasteiger partial charge is 0.338 e. The number of nitrogens with one attached hydrogen (secondary N) is 1. The Morgan fingerprint density at radius 3 is 2.69 bits per heavy atom. The number of rotatable bonds is 6. The Morgan fingerprint density at radius 1 is 1.24 bits per heavy atom. The van der Waals surface area contributed by atoms with Gasteiger partial charge in [-0.15, -0.1) is 0 Å². The van der Waals surface area contributed by atoms with Gasteiger partial charge in [0.2, 0.25) is 0 Å². The Bertz CT molecular complexity index is 1130. The number of ether oxygens (including phenoxy) is 1. The highest BCUT2D eigenvalue weighted by atomic mass is 32.2. The molecule has 1 N–H and O–H groups in total. The summed E-state index contributed by atoms with van der Waals surface area (Å²) in [5.74, 6) is 0.126. The van der Waals surface area contributed by atoms with Crippen molar-refractivity contribution in [2.24, 2.45) is 0 Å². The van der Waals surface area contributed by atoms with Crippen LogP contribution in [-0.2, 0) is 10.5 Å². The van der Waals surface area contributed by atoms with Crippen molar-refractivity contribution < 1.29 is 9.53 Å². The average Bonchev–Trinajstić information content (AvgIpc) is 2.73. The van der Waals surface area contributed by atoms with Crippen LogP contribution in [0.5, 0.6) is 0 Å². The molecule has 0 spiro atoms. The van der Waals surface area contributed by atoms with Crippen LogP contribution in [0.2, 0.25) is 0 Å². The summed E-state index contributed by atoms with van der Waals surface area (Å²) in [6.45, 7) is 4.04. The molecular formula is C22H19N3O3S. The standard InChI is InChI=1S/C22H19N3O3S/c1-3-28-21(27)17-6-4-5-15(11-17)13-29-22-24-19(18(12-23)20(26)25-22)16-9-7-14(2)8-10-16/h4-11H,3,13H2,1-2H3,(H,24,25,26). The van der Waals surface area contributed by atoms with Gasteiger partial charge in [0.15, 0.2) is 5.16 Å². The van der Waals surface area contributed by atoms with Crippen molar-refractivity contribution in [3.63, 3.8) is 0 Å². The molecule has 0 atom stereocenters. The lowest BCUT2D eigenvalue weighted by atomic mass is 10.1. The fraction of sp³-hybridized carbons (Fsp3) is 0.182. The quantitative estimate of drug-likeness (QED) is 0.377. The Labute approximate surface area is 172 Å². The molecule has 0 unspecified atom stereocenters. The molecule has 0 aliphatic carbocycles. The van der Waals surface area contributed by atoms with E-state index in [-0.39, 0.29) is 11.5 Å². The van der Waals surface area contributed by atoms with E-state index in [1.165, 1.54) is 11.8 Å². The lowest BCUT2D eigenvalue weighted by Gasteiger charge is -2.08. The molecule has 146 valence electrons. The molecule has 0 aliphatic heterocycles. The zero-order valence-corrected chi connectivity index (χ0v) is 16.9. The summed E-state index contributed by atoms with van der Waals surface area (Å²) >= 11 is 1.32. The SMILES string of the molecule is CCOC(=O)c1cccc(CSc2nc(-c3ccc(C)cc3)c(C#N)c(=O)[nH]2)c1. The molecule has 1 aromatic heterocycles. The van der Waals surface area contributed by atoms with Gasteiger partial charge in [-0.2, -0.15) is 5.26 Å². The number of benzene rings is 2. The monoisotopic (exact) mass is 405 g/mol. The van der Waals surface area contributed by atoms with Gasteiger partial charge in [0.25, 0.3) is 5.56 Å². The van der Waals surface area contributed by atoms with Gasteiger partial charge in [0.05, 0.1) is 17.9 Å². The topological polar surface area (TPSA) is 95.8 Å². The molecule has 1 heterocycles. The van der Waals surface area contributed by atoms with Crippen LogP contribution >= 0.6 is 11.8 Å². The number of nitrogens with zero attached hydrogens (tertiary/aromatic N) is 2. The van der Waals surface area contributed by atoms with Crippen LogP contribution in [-0.4, -0.2) is 22.5 Å². The van der Waals surface area contributed by atoms with E-state index in [0.29, 0.717) is 34.3 Å². The van der Waals surface area contributed by atoms with Crippen LogP contribution in [0.15, 0.2) is 58.5 Å². The zero-order chi connectivity index (χ0) is 20.8. The Hall–Kier alpha value is -3.37. The number of thioether (sulfide) groups is 1. The Kier molecular flexibility index (Phi) is 6.47. The molecule has 29 heavy (non-hydrogen) atoms. The van der Waals surface area contributed by atoms with Gasteiger partial charge in [-0.3, -0.25) is 4.79 Å². The van der Waals surface area contributed by atoms with Crippen molar-refractivity contribution in [3.05, 3.63) is 81.1 Å². The molecule has 0 fully saturated rings. The lowest BCUT2D eigenvalue weighted by Crippen LogP contribution is -2.14. The van der Waals surface area contributed by atoms with Crippen molar-refractivity contribution >= 4 is 17.7 Å². The van der Waals surface area contributed by atoms with Crippen molar-refractivity contribution in [2.75, 3.05) is 6.61 Å². The van der Waals surface area contributed by atoms with E-state index in [9.17, 15) is 14.9 Å². The molecule has 6 nitrogen and oxygen atoms in total. The normalized spacial score (nSPS) is 10.4. The molecule has 7 heteroatoms. The average molecular weight is 405 g/mol. The van der Waals surface area contributed by atoms with Gasteiger partial charge in [-0.05, 0) is 31.5 Å². The van der Waals surface area contributed by atoms with Gasteiger partial charge in [-0.25, -0.2) is 9.78 Å². The second-order valence-electron chi connectivity index (χ2n) is 6.28. The Morgan fingerprint density at radius 2 is 2.00 bits per heavy atom. The summed E-state index contributed by atoms with van der Waals surface area (Å²) < 4.78 is 5.02. The maximum atomic E-state index is 12.4. The van der Waals surface area contributed by atoms with E-state index in [2.05, 4.69) is 9.97 Å². The third-order valence-electron chi connectivity index (χ3n) is 4.15. The molecule has 0 saturated heterocycles. The summed E-state index contributed by atoms with van der Waals surface area (Å²) in [5, 5.41) is 9.79. The molecule has 0 bridgehead atoms. The first-order valence-corrected chi connectivity index (χ1v) is 10.0. The van der Waals surface area contributed by atoms with E-state index in [1.807, 2.05) is 43.3 Å². The van der Waals surface area contributed by atoms with Gasteiger partial charge in [0.1, 0.15) is 11.6 Å². The number of aromatic nitrogens is 2. The number of carbonyl (C=O) groups excluding carboxylic acids is 1. The van der Waals surface area contributed by atoms with Gasteiger partial charge >= 0.3 is 5.97 Å². The van der Waals surface area contributed by atoms with Crippen LogP contribution in [0.1, 0.15) is 34.0 Å². The molecular weight excluding hydrogens is 386 g/mol. The summed E-state index contributed by atoms with van der Waals surface area (Å²) in [6.07, 6.45) is 0. The van der Waals surface area contributed by atoms with Crippen molar-refractivity contribution in [1.82, 2.24) is 9.97 Å². The fourth-order valence-electron chi connectivity index (χ4n) is 2.70. The van der Waals surface area contributed by atoms with Crippen LogP contribution in [0.4, 0.5) is 0 Å². The van der Waals surface area contributed by atoms with Gasteiger partial charge in [-0.1, -0.05) is 53.7 Å². The predicted molar refractivity (Wildman–Crippen MR) is 112 cm³/mol. The van der Waals surface area contributed by atoms with E-state index < -0.39 is 5.56 Å². The summed E-state index contributed by atoms with van der Waals surface area (Å²) in [7, 11) is 0. The summed E-state index contributed by atoms with van der Waals surface area (Å²) in [6, 6.07) is 16.6. The molecule has 3 rings (SSSR count). The highest BCUT2D eigenvalue weighted by molar-refractivity contribution is 7.98. The molecule has 2 aromatic carbocycles. The number of hydrogen-bond donors (Lipinski definition) is 1. The van der Waals surface area contributed by atoms with E-state index in [4.69, 9.17) is 4.74 Å². The molecule has 3 aromatic rings. The third-order valence-corrected chi connectivity index (χ3v) is 5.09. The first-order chi connectivity index (χ1) is 14.0. The summed E-state index contributed by atoms with van der Waals surface area (Å²) in [4.78, 5) is 31.4. The molecule has 0 aliphatic rings. The van der Waals surface area contributed by atoms with Gasteiger partial charge in [0, 0.05) is 11.3 Å². The van der Waals surface area contributed by atoms with Crippen molar-refractivity contribution in [2.45, 2.75) is 24.8 Å². The van der Waals surface area contributed by atoms with Crippen LogP contribution in [0.25, 0.3) is 11.3 Å². The summed E-state index contributed by atoms with van der Waals surface area (Å²) in [5.41, 5.74) is 3.04. The third kappa shape index (κ3) is 4.92. The largest absolute Gasteiger partial charge is 0.462 e. The number of nitriles is 1. The fourth-order valence-corrected chi connectivity index (χ4v) is 3.50. The number of aromatic amines is 1. The maximum Gasteiger partial charge on any atom is 0.338 e. The number of hydrogen-bond acceptors (Lipinski definition) is 6. The molecule has 0 radical (unpaired) electrons. The predicted octanol–water partition coefficient (Wildman–Crippen LogP) is 4.09. The van der Waals surface area contributed by atoms with E-state index in [1.54, 1.807) is 25.1 Å². The van der Waals surface area contributed by atoms with Gasteiger partial charge < -0.3 is 9.72 Å². The van der Waals surface area contributed by atoms with Crippen molar-refractivity contribution in [3.8, 4) is 17.3 Å². The molecule has 0 saturated carbocycles. The minimum Gasteiger partial charge on any atom is -0.462 e. The van der Waals surface area contributed by atoms with Crippen LogP contribution < -0.4 is 5.56 Å². The number of H-pyrrole nitrogens is 1. The van der Waals surface area contributed by atoms with Crippen molar-refractivity contribution in [1.29, 1.82) is 5.26 Å². The zero-order valence-electron chi connectivity index (χ0n) is 16.1. The number of aryl methyl sites for hydroxylation is 1. The number of carbonyl (C=O) groups is 1. The van der Waals surface area contributed by atoms with Crippen LogP contribution in [0, 0.1) is 18.3 Å². The molecule has 0 amide bonds. The second kappa shape index (κ2) is 9.22. The Balaban J connectivity index is 1.86. The lowest BCUT2D eigenvalue weighted by molar-refractivity contribution is 0.0526. The first kappa shape index (κ1) is 20.4. The van der Waals surface area contributed by atoms with Crippen LogP contribution in [0.3, 0.4) is 0 Å². The van der Waals surface area contributed by atoms with E-state index in [0.717, 1.165) is 11.1 Å². The highest BCUT2D eigenvalue weighted by Crippen LogP contribution is 2.24. The minimum absolute atomic E-state index is 0.0116. The maximum absolute atomic E-state index is 12.4.